The van der Waals surface area contributed by atoms with E-state index in [0.717, 1.165) is 6.07 Å². The highest BCUT2D eigenvalue weighted by Gasteiger charge is 2.45. The van der Waals surface area contributed by atoms with Crippen molar-refractivity contribution < 1.29 is 50.0 Å². The van der Waals surface area contributed by atoms with E-state index in [0.29, 0.717) is 0 Å². The van der Waals surface area contributed by atoms with Gasteiger partial charge in [-0.05, 0) is 12.1 Å². The molecule has 1 saturated heterocycles. The third-order valence-corrected chi connectivity index (χ3v) is 4.38. The number of aromatic carboxylic acids is 1. The summed E-state index contributed by atoms with van der Waals surface area (Å²) in [6, 6.07) is 4.99. The molecule has 2 aromatic rings. The lowest BCUT2D eigenvalue weighted by Crippen LogP contribution is -2.60. The van der Waals surface area contributed by atoms with Crippen molar-refractivity contribution in [2.45, 2.75) is 30.7 Å². The van der Waals surface area contributed by atoms with Gasteiger partial charge >= 0.3 is 5.97 Å². The SMILES string of the molecule is O=C(O)c1cc(O)c2cccc(O)c2c1O[C@H]1O[C@H](CO)[C@@H](O)[C@H](O)[C@H]1O. The van der Waals surface area contributed by atoms with Crippen molar-refractivity contribution in [1.29, 1.82) is 0 Å². The van der Waals surface area contributed by atoms with E-state index in [2.05, 4.69) is 0 Å². The van der Waals surface area contributed by atoms with Crippen LogP contribution in [-0.2, 0) is 4.74 Å². The lowest BCUT2D eigenvalue weighted by Gasteiger charge is -2.39. The molecule has 1 aliphatic rings. The van der Waals surface area contributed by atoms with Gasteiger partial charge in [-0.25, -0.2) is 4.79 Å². The second-order valence-corrected chi connectivity index (χ2v) is 6.09. The number of aliphatic hydroxyl groups excluding tert-OH is 4. The van der Waals surface area contributed by atoms with Gasteiger partial charge in [0, 0.05) is 5.39 Å². The number of phenolic OH excluding ortho intramolecular Hbond substituents is 2. The molecule has 0 spiro atoms. The van der Waals surface area contributed by atoms with Crippen molar-refractivity contribution in [3.05, 3.63) is 29.8 Å². The van der Waals surface area contributed by atoms with Gasteiger partial charge in [-0.2, -0.15) is 0 Å². The zero-order valence-corrected chi connectivity index (χ0v) is 13.8. The van der Waals surface area contributed by atoms with Crippen molar-refractivity contribution in [3.8, 4) is 17.2 Å². The number of carboxylic acid groups (broad SMARTS) is 1. The van der Waals surface area contributed by atoms with Crippen LogP contribution in [0.15, 0.2) is 24.3 Å². The number of aromatic hydroxyl groups is 2. The summed E-state index contributed by atoms with van der Waals surface area (Å²) in [4.78, 5) is 11.6. The first-order valence-electron chi connectivity index (χ1n) is 7.94. The van der Waals surface area contributed by atoms with Crippen LogP contribution in [0.1, 0.15) is 10.4 Å². The number of carboxylic acids is 1. The van der Waals surface area contributed by atoms with E-state index in [4.69, 9.17) is 9.47 Å². The second-order valence-electron chi connectivity index (χ2n) is 6.09. The molecular formula is C17H18O10. The summed E-state index contributed by atoms with van der Waals surface area (Å²) in [5, 5.41) is 68.6. The van der Waals surface area contributed by atoms with Gasteiger partial charge in [0.15, 0.2) is 0 Å². The predicted octanol–water partition coefficient (Wildman–Crippen LogP) is -0.872. The molecule has 3 rings (SSSR count). The molecule has 0 unspecified atom stereocenters. The first kappa shape index (κ1) is 19.1. The third-order valence-electron chi connectivity index (χ3n) is 4.38. The summed E-state index contributed by atoms with van der Waals surface area (Å²) in [7, 11) is 0. The second kappa shape index (κ2) is 7.18. The van der Waals surface area contributed by atoms with Crippen molar-refractivity contribution in [2.24, 2.45) is 0 Å². The Kier molecular flexibility index (Phi) is 5.09. The van der Waals surface area contributed by atoms with Gasteiger partial charge in [-0.1, -0.05) is 12.1 Å². The molecule has 1 aliphatic heterocycles. The van der Waals surface area contributed by atoms with E-state index < -0.39 is 66.1 Å². The summed E-state index contributed by atoms with van der Waals surface area (Å²) in [5.41, 5.74) is -0.529. The molecule has 10 nitrogen and oxygen atoms in total. The van der Waals surface area contributed by atoms with Crippen LogP contribution in [-0.4, -0.2) is 79.0 Å². The number of carbonyl (C=O) groups is 1. The van der Waals surface area contributed by atoms with E-state index in [-0.39, 0.29) is 10.8 Å². The Balaban J connectivity index is 2.12. The molecule has 0 amide bonds. The van der Waals surface area contributed by atoms with Crippen LogP contribution >= 0.6 is 0 Å². The highest BCUT2D eigenvalue weighted by atomic mass is 16.7. The number of benzene rings is 2. The molecule has 0 saturated carbocycles. The number of aliphatic hydroxyl groups is 4. The van der Waals surface area contributed by atoms with Gasteiger partial charge in [0.05, 0.1) is 12.0 Å². The number of rotatable bonds is 4. The number of phenols is 2. The van der Waals surface area contributed by atoms with Crippen LogP contribution in [0, 0.1) is 0 Å². The molecule has 146 valence electrons. The predicted molar refractivity (Wildman–Crippen MR) is 88.6 cm³/mol. The van der Waals surface area contributed by atoms with E-state index in [1.165, 1.54) is 18.2 Å². The average Bonchev–Trinajstić information content (AvgIpc) is 2.63. The van der Waals surface area contributed by atoms with E-state index in [1.807, 2.05) is 0 Å². The minimum Gasteiger partial charge on any atom is -0.507 e. The summed E-state index contributed by atoms with van der Waals surface area (Å²) in [5.74, 6) is -2.72. The maximum atomic E-state index is 11.6. The summed E-state index contributed by atoms with van der Waals surface area (Å²) >= 11 is 0. The van der Waals surface area contributed by atoms with Gasteiger partial charge < -0.3 is 45.2 Å². The van der Waals surface area contributed by atoms with E-state index >= 15 is 0 Å². The largest absolute Gasteiger partial charge is 0.507 e. The first-order valence-corrected chi connectivity index (χ1v) is 7.94. The maximum Gasteiger partial charge on any atom is 0.339 e. The fourth-order valence-electron chi connectivity index (χ4n) is 2.97. The molecule has 1 heterocycles. The Bertz CT molecular complexity index is 864. The van der Waals surface area contributed by atoms with Crippen LogP contribution < -0.4 is 4.74 Å². The van der Waals surface area contributed by atoms with Crippen molar-refractivity contribution in [2.75, 3.05) is 6.61 Å². The quantitative estimate of drug-likeness (QED) is 0.351. The molecule has 5 atom stereocenters. The lowest BCUT2D eigenvalue weighted by molar-refractivity contribution is -0.277. The van der Waals surface area contributed by atoms with Crippen molar-refractivity contribution >= 4 is 16.7 Å². The zero-order chi connectivity index (χ0) is 19.9. The Morgan fingerprint density at radius 3 is 2.41 bits per heavy atom. The van der Waals surface area contributed by atoms with Crippen LogP contribution in [0.3, 0.4) is 0 Å². The highest BCUT2D eigenvalue weighted by Crippen LogP contribution is 2.42. The fourth-order valence-corrected chi connectivity index (χ4v) is 2.97. The van der Waals surface area contributed by atoms with Gasteiger partial charge in [0.1, 0.15) is 47.2 Å². The van der Waals surface area contributed by atoms with Crippen LogP contribution in [0.5, 0.6) is 17.2 Å². The minimum absolute atomic E-state index is 0.0830. The summed E-state index contributed by atoms with van der Waals surface area (Å²) in [6.07, 6.45) is -8.05. The standard InChI is InChI=1S/C17H18O10/c18-5-10-12(21)13(22)14(23)17(26-10)27-15-7(16(24)25)4-9(20)6-2-1-3-8(19)11(6)15/h1-4,10,12-14,17-23H,5H2,(H,24,25)/t10-,12-,13+,14-,17-/m1/s1. The molecule has 7 N–H and O–H groups in total. The fraction of sp³-hybridized carbons (Fsp3) is 0.353. The molecular weight excluding hydrogens is 364 g/mol. The van der Waals surface area contributed by atoms with E-state index in [1.54, 1.807) is 0 Å². The lowest BCUT2D eigenvalue weighted by atomic mass is 9.99. The molecule has 1 fully saturated rings. The van der Waals surface area contributed by atoms with Crippen LogP contribution in [0.4, 0.5) is 0 Å². The van der Waals surface area contributed by atoms with Crippen LogP contribution in [0.2, 0.25) is 0 Å². The zero-order valence-electron chi connectivity index (χ0n) is 13.8. The Hall–Kier alpha value is -2.63. The molecule has 27 heavy (non-hydrogen) atoms. The number of fused-ring (bicyclic) bond motifs is 1. The monoisotopic (exact) mass is 382 g/mol. The Morgan fingerprint density at radius 2 is 1.78 bits per heavy atom. The molecule has 0 bridgehead atoms. The Labute approximate surface area is 152 Å². The summed E-state index contributed by atoms with van der Waals surface area (Å²) < 4.78 is 10.7. The topological polar surface area (TPSA) is 177 Å². The van der Waals surface area contributed by atoms with Crippen molar-refractivity contribution in [1.82, 2.24) is 0 Å². The van der Waals surface area contributed by atoms with Crippen LogP contribution in [0.25, 0.3) is 10.8 Å². The number of hydrogen-bond acceptors (Lipinski definition) is 9. The minimum atomic E-state index is -1.78. The molecule has 10 heteroatoms. The molecule has 2 aromatic carbocycles. The van der Waals surface area contributed by atoms with Gasteiger partial charge in [-0.15, -0.1) is 0 Å². The highest BCUT2D eigenvalue weighted by molar-refractivity contribution is 6.05. The average molecular weight is 382 g/mol. The molecule has 0 radical (unpaired) electrons. The van der Waals surface area contributed by atoms with Gasteiger partial charge in [0.2, 0.25) is 6.29 Å². The Morgan fingerprint density at radius 1 is 1.07 bits per heavy atom. The third kappa shape index (κ3) is 3.24. The maximum absolute atomic E-state index is 11.6. The number of ether oxygens (including phenoxy) is 2. The van der Waals surface area contributed by atoms with E-state index in [9.17, 15) is 40.5 Å². The smallest absolute Gasteiger partial charge is 0.339 e. The molecule has 0 aliphatic carbocycles. The molecule has 0 aromatic heterocycles. The van der Waals surface area contributed by atoms with Gasteiger partial charge in [0.25, 0.3) is 0 Å². The number of hydrogen-bond donors (Lipinski definition) is 7. The summed E-state index contributed by atoms with van der Waals surface area (Å²) in [6.45, 7) is -0.696. The van der Waals surface area contributed by atoms with Gasteiger partial charge in [-0.3, -0.25) is 0 Å². The first-order chi connectivity index (χ1) is 12.8. The van der Waals surface area contributed by atoms with Crippen molar-refractivity contribution in [3.63, 3.8) is 0 Å². The normalized spacial score (nSPS) is 28.2.